The van der Waals surface area contributed by atoms with E-state index in [4.69, 9.17) is 4.74 Å². The maximum Gasteiger partial charge on any atom is 0.118 e. The van der Waals surface area contributed by atoms with E-state index in [1.54, 1.807) is 7.11 Å². The van der Waals surface area contributed by atoms with Gasteiger partial charge in [0.05, 0.1) is 7.11 Å². The highest BCUT2D eigenvalue weighted by molar-refractivity contribution is 5.30. The number of ether oxygens (including phenoxy) is 1. The Morgan fingerprint density at radius 3 is 2.39 bits per heavy atom. The van der Waals surface area contributed by atoms with E-state index in [1.165, 1.54) is 24.8 Å². The predicted molar refractivity (Wildman–Crippen MR) is 75.9 cm³/mol. The number of hydrogen-bond acceptors (Lipinski definition) is 2. The molecule has 1 N–H and O–H groups in total. The van der Waals surface area contributed by atoms with Gasteiger partial charge in [0.1, 0.15) is 5.75 Å². The summed E-state index contributed by atoms with van der Waals surface area (Å²) in [5, 5.41) is 3.51. The van der Waals surface area contributed by atoms with Gasteiger partial charge in [0, 0.05) is 6.04 Å². The Balaban J connectivity index is 2.22. The van der Waals surface area contributed by atoms with Crippen molar-refractivity contribution in [3.05, 3.63) is 29.8 Å². The minimum Gasteiger partial charge on any atom is -0.497 e. The molecule has 0 heterocycles. The zero-order chi connectivity index (χ0) is 13.2. The normalized spacial score (nSPS) is 23.9. The third-order valence-electron chi connectivity index (χ3n) is 4.53. The van der Waals surface area contributed by atoms with Gasteiger partial charge in [-0.2, -0.15) is 0 Å². The van der Waals surface area contributed by atoms with Crippen LogP contribution in [0.4, 0.5) is 0 Å². The molecule has 0 bridgehead atoms. The Bertz CT molecular complexity index is 383. The van der Waals surface area contributed by atoms with Gasteiger partial charge in [0.15, 0.2) is 0 Å². The molecule has 100 valence electrons. The average Bonchev–Trinajstić information content (AvgIpc) is 2.71. The van der Waals surface area contributed by atoms with Gasteiger partial charge >= 0.3 is 0 Å². The molecule has 1 fully saturated rings. The van der Waals surface area contributed by atoms with E-state index in [2.05, 4.69) is 50.5 Å². The minimum absolute atomic E-state index is 0.438. The first-order valence-corrected chi connectivity index (χ1v) is 6.89. The molecule has 2 atom stereocenters. The second kappa shape index (κ2) is 5.31. The SMILES string of the molecule is CNC(c1ccc(OC)cc1)C1CCCC1(C)C. The van der Waals surface area contributed by atoms with Crippen LogP contribution in [0.25, 0.3) is 0 Å². The summed E-state index contributed by atoms with van der Waals surface area (Å²) in [5.41, 5.74) is 1.81. The number of benzene rings is 1. The summed E-state index contributed by atoms with van der Waals surface area (Å²) in [4.78, 5) is 0. The molecular formula is C16H25NO. The van der Waals surface area contributed by atoms with Crippen molar-refractivity contribution >= 4 is 0 Å². The van der Waals surface area contributed by atoms with Crippen LogP contribution in [-0.2, 0) is 0 Å². The van der Waals surface area contributed by atoms with Gasteiger partial charge in [-0.3, -0.25) is 0 Å². The highest BCUT2D eigenvalue weighted by Crippen LogP contribution is 2.48. The monoisotopic (exact) mass is 247 g/mol. The van der Waals surface area contributed by atoms with Crippen molar-refractivity contribution in [2.24, 2.45) is 11.3 Å². The first-order chi connectivity index (χ1) is 8.58. The molecule has 1 aromatic carbocycles. The molecule has 0 spiro atoms. The molecule has 1 aromatic rings. The zero-order valence-corrected chi connectivity index (χ0v) is 12.0. The van der Waals surface area contributed by atoms with E-state index in [0.29, 0.717) is 11.5 Å². The number of rotatable bonds is 4. The van der Waals surface area contributed by atoms with E-state index >= 15 is 0 Å². The molecule has 0 amide bonds. The minimum atomic E-state index is 0.438. The van der Waals surface area contributed by atoms with Crippen LogP contribution in [0.15, 0.2) is 24.3 Å². The molecule has 2 unspecified atom stereocenters. The lowest BCUT2D eigenvalue weighted by Crippen LogP contribution is -2.31. The van der Waals surface area contributed by atoms with Gasteiger partial charge in [-0.15, -0.1) is 0 Å². The molecule has 1 aliphatic carbocycles. The number of nitrogens with one attached hydrogen (secondary N) is 1. The second-order valence-corrected chi connectivity index (χ2v) is 6.03. The Labute approximate surface area is 111 Å². The fourth-order valence-electron chi connectivity index (χ4n) is 3.38. The topological polar surface area (TPSA) is 21.3 Å². The lowest BCUT2D eigenvalue weighted by Gasteiger charge is -2.34. The fraction of sp³-hybridized carbons (Fsp3) is 0.625. The van der Waals surface area contributed by atoms with Gasteiger partial charge in [0.2, 0.25) is 0 Å². The van der Waals surface area contributed by atoms with Crippen molar-refractivity contribution < 1.29 is 4.74 Å². The Hall–Kier alpha value is -1.02. The lowest BCUT2D eigenvalue weighted by atomic mass is 9.75. The van der Waals surface area contributed by atoms with E-state index in [1.807, 2.05) is 0 Å². The van der Waals surface area contributed by atoms with E-state index in [-0.39, 0.29) is 0 Å². The van der Waals surface area contributed by atoms with Crippen LogP contribution in [0, 0.1) is 11.3 Å². The summed E-state index contributed by atoms with van der Waals surface area (Å²) in [6.07, 6.45) is 4.02. The highest BCUT2D eigenvalue weighted by atomic mass is 16.5. The van der Waals surface area contributed by atoms with Crippen LogP contribution in [0.1, 0.15) is 44.7 Å². The first-order valence-electron chi connectivity index (χ1n) is 6.89. The Morgan fingerprint density at radius 2 is 1.94 bits per heavy atom. The molecule has 0 radical (unpaired) electrons. The molecule has 2 rings (SSSR count). The largest absolute Gasteiger partial charge is 0.497 e. The third kappa shape index (κ3) is 2.54. The summed E-state index contributed by atoms with van der Waals surface area (Å²) < 4.78 is 5.23. The fourth-order valence-corrected chi connectivity index (χ4v) is 3.38. The van der Waals surface area contributed by atoms with E-state index in [0.717, 1.165) is 11.7 Å². The van der Waals surface area contributed by atoms with Crippen LogP contribution in [0.2, 0.25) is 0 Å². The number of methoxy groups -OCH3 is 1. The van der Waals surface area contributed by atoms with Crippen molar-refractivity contribution in [1.82, 2.24) is 5.32 Å². The molecule has 1 saturated carbocycles. The van der Waals surface area contributed by atoms with E-state index in [9.17, 15) is 0 Å². The van der Waals surface area contributed by atoms with Gasteiger partial charge in [-0.05, 0) is 48.9 Å². The van der Waals surface area contributed by atoms with Crippen LogP contribution >= 0.6 is 0 Å². The molecule has 1 aliphatic rings. The predicted octanol–water partition coefficient (Wildman–Crippen LogP) is 3.78. The second-order valence-electron chi connectivity index (χ2n) is 6.03. The van der Waals surface area contributed by atoms with Crippen molar-refractivity contribution in [2.75, 3.05) is 14.2 Å². The summed E-state index contributed by atoms with van der Waals surface area (Å²) in [6.45, 7) is 4.80. The summed E-state index contributed by atoms with van der Waals surface area (Å²) in [5.74, 6) is 1.65. The van der Waals surface area contributed by atoms with E-state index < -0.39 is 0 Å². The van der Waals surface area contributed by atoms with Crippen molar-refractivity contribution in [3.63, 3.8) is 0 Å². The van der Waals surface area contributed by atoms with Crippen LogP contribution in [-0.4, -0.2) is 14.2 Å². The van der Waals surface area contributed by atoms with Crippen LogP contribution in [0.5, 0.6) is 5.75 Å². The molecule has 0 aliphatic heterocycles. The maximum absolute atomic E-state index is 5.23. The van der Waals surface area contributed by atoms with Gasteiger partial charge < -0.3 is 10.1 Å². The maximum atomic E-state index is 5.23. The summed E-state index contributed by atoms with van der Waals surface area (Å²) in [7, 11) is 3.79. The lowest BCUT2D eigenvalue weighted by molar-refractivity contribution is 0.203. The molecule has 18 heavy (non-hydrogen) atoms. The molecule has 2 heteroatoms. The number of hydrogen-bond donors (Lipinski definition) is 1. The first kappa shape index (κ1) is 13.4. The summed E-state index contributed by atoms with van der Waals surface area (Å²) in [6, 6.07) is 8.94. The zero-order valence-electron chi connectivity index (χ0n) is 12.0. The molecule has 0 aromatic heterocycles. The standard InChI is InChI=1S/C16H25NO/c1-16(2)11-5-6-14(16)15(17-3)12-7-9-13(18-4)10-8-12/h7-10,14-15,17H,5-6,11H2,1-4H3. The molecular weight excluding hydrogens is 222 g/mol. The summed E-state index contributed by atoms with van der Waals surface area (Å²) >= 11 is 0. The molecule has 0 saturated heterocycles. The van der Waals surface area contributed by atoms with Crippen molar-refractivity contribution in [2.45, 2.75) is 39.2 Å². The average molecular weight is 247 g/mol. The Kier molecular flexibility index (Phi) is 3.96. The van der Waals surface area contributed by atoms with Gasteiger partial charge in [-0.1, -0.05) is 32.4 Å². The third-order valence-corrected chi connectivity index (χ3v) is 4.53. The smallest absolute Gasteiger partial charge is 0.118 e. The Morgan fingerprint density at radius 1 is 1.28 bits per heavy atom. The van der Waals surface area contributed by atoms with Gasteiger partial charge in [0.25, 0.3) is 0 Å². The van der Waals surface area contributed by atoms with Gasteiger partial charge in [-0.25, -0.2) is 0 Å². The van der Waals surface area contributed by atoms with Crippen molar-refractivity contribution in [1.29, 1.82) is 0 Å². The van der Waals surface area contributed by atoms with Crippen LogP contribution in [0.3, 0.4) is 0 Å². The quantitative estimate of drug-likeness (QED) is 0.874. The molecule has 2 nitrogen and oxygen atoms in total. The van der Waals surface area contributed by atoms with Crippen LogP contribution < -0.4 is 10.1 Å². The van der Waals surface area contributed by atoms with Crippen molar-refractivity contribution in [3.8, 4) is 5.75 Å². The highest BCUT2D eigenvalue weighted by Gasteiger charge is 2.39.